The Hall–Kier alpha value is -3.62. The number of esters is 1. The molecule has 2 heterocycles. The van der Waals surface area contributed by atoms with Crippen LogP contribution < -0.4 is 0 Å². The lowest BCUT2D eigenvalue weighted by Gasteiger charge is -2.34. The number of carbonyl (C=O) groups excluding carboxylic acids is 3. The van der Waals surface area contributed by atoms with Crippen LogP contribution >= 0.6 is 0 Å². The summed E-state index contributed by atoms with van der Waals surface area (Å²) in [6.45, 7) is 7.17. The van der Waals surface area contributed by atoms with Gasteiger partial charge in [-0.05, 0) is 68.0 Å². The summed E-state index contributed by atoms with van der Waals surface area (Å²) in [4.78, 5) is 42.8. The van der Waals surface area contributed by atoms with Crippen LogP contribution in [0.2, 0.25) is 0 Å². The van der Waals surface area contributed by atoms with Crippen LogP contribution in [0, 0.1) is 5.92 Å². The maximum atomic E-state index is 13.3. The number of nitrogens with zero attached hydrogens (tertiary/aromatic N) is 2. The zero-order valence-corrected chi connectivity index (χ0v) is 22.4. The molecule has 2 amide bonds. The van der Waals surface area contributed by atoms with E-state index in [0.717, 1.165) is 30.5 Å². The van der Waals surface area contributed by atoms with Crippen LogP contribution in [0.15, 0.2) is 59.8 Å². The number of carbonyl (C=O) groups is 3. The summed E-state index contributed by atoms with van der Waals surface area (Å²) in [5, 5.41) is 0. The Morgan fingerprint density at radius 1 is 1.05 bits per heavy atom. The molecule has 0 aromatic heterocycles. The molecule has 39 heavy (non-hydrogen) atoms. The Labute approximate surface area is 226 Å². The summed E-state index contributed by atoms with van der Waals surface area (Å²) in [7, 11) is 0. The van der Waals surface area contributed by atoms with E-state index in [1.165, 1.54) is 17.0 Å². The fourth-order valence-corrected chi connectivity index (χ4v) is 5.25. The SMILES string of the molecule is CCOC(=O)C1=C(C)N(Cc2cccc(C(=O)N3CCC(C)CC3)c2)C(=O)CC1c1ccc(C(F)(F)F)cc1. The third-order valence-corrected chi connectivity index (χ3v) is 7.54. The molecule has 2 aromatic rings. The van der Waals surface area contributed by atoms with Crippen molar-refractivity contribution in [3.63, 3.8) is 0 Å². The quantitative estimate of drug-likeness (QED) is 0.425. The number of amides is 2. The van der Waals surface area contributed by atoms with Crippen molar-refractivity contribution >= 4 is 17.8 Å². The molecule has 0 aliphatic carbocycles. The Morgan fingerprint density at radius 2 is 1.72 bits per heavy atom. The minimum atomic E-state index is -4.49. The molecular formula is C30H33F3N2O4. The maximum absolute atomic E-state index is 13.3. The Kier molecular flexibility index (Phi) is 8.47. The van der Waals surface area contributed by atoms with Crippen LogP contribution in [0.1, 0.15) is 73.0 Å². The van der Waals surface area contributed by atoms with Gasteiger partial charge in [0.1, 0.15) is 0 Å². The second kappa shape index (κ2) is 11.6. The average molecular weight is 543 g/mol. The number of benzene rings is 2. The Bertz CT molecular complexity index is 1260. The number of piperidine rings is 1. The van der Waals surface area contributed by atoms with Crippen LogP contribution in [-0.4, -0.2) is 47.3 Å². The van der Waals surface area contributed by atoms with Crippen molar-refractivity contribution in [2.45, 2.75) is 58.7 Å². The lowest BCUT2D eigenvalue weighted by molar-refractivity contribution is -0.140. The minimum Gasteiger partial charge on any atom is -0.463 e. The van der Waals surface area contributed by atoms with E-state index in [-0.39, 0.29) is 37.0 Å². The Morgan fingerprint density at radius 3 is 2.33 bits per heavy atom. The molecule has 2 aliphatic heterocycles. The lowest BCUT2D eigenvalue weighted by atomic mass is 9.83. The summed E-state index contributed by atoms with van der Waals surface area (Å²) in [6, 6.07) is 11.6. The molecule has 0 bridgehead atoms. The molecule has 208 valence electrons. The molecule has 9 heteroatoms. The summed E-state index contributed by atoms with van der Waals surface area (Å²) >= 11 is 0. The molecule has 2 aliphatic rings. The van der Waals surface area contributed by atoms with Crippen LogP contribution in [0.4, 0.5) is 13.2 Å². The summed E-state index contributed by atoms with van der Waals surface area (Å²) < 4.78 is 44.5. The molecule has 1 atom stereocenters. The summed E-state index contributed by atoms with van der Waals surface area (Å²) in [5.41, 5.74) is 1.53. The van der Waals surface area contributed by atoms with Crippen molar-refractivity contribution in [1.82, 2.24) is 9.80 Å². The first-order valence-electron chi connectivity index (χ1n) is 13.2. The highest BCUT2D eigenvalue weighted by Gasteiger charge is 2.38. The number of ether oxygens (including phenoxy) is 1. The van der Waals surface area contributed by atoms with Gasteiger partial charge in [-0.1, -0.05) is 31.2 Å². The van der Waals surface area contributed by atoms with E-state index in [1.54, 1.807) is 32.0 Å². The maximum Gasteiger partial charge on any atom is 0.416 e. The van der Waals surface area contributed by atoms with Crippen LogP contribution in [-0.2, 0) is 27.0 Å². The zero-order valence-electron chi connectivity index (χ0n) is 22.4. The van der Waals surface area contributed by atoms with Gasteiger partial charge < -0.3 is 14.5 Å². The van der Waals surface area contributed by atoms with E-state index in [2.05, 4.69) is 6.92 Å². The molecule has 1 unspecified atom stereocenters. The lowest BCUT2D eigenvalue weighted by Crippen LogP contribution is -2.38. The van der Waals surface area contributed by atoms with Gasteiger partial charge in [0.05, 0.1) is 24.3 Å². The molecule has 6 nitrogen and oxygen atoms in total. The van der Waals surface area contributed by atoms with Gasteiger partial charge >= 0.3 is 12.1 Å². The monoisotopic (exact) mass is 542 g/mol. The van der Waals surface area contributed by atoms with Crippen LogP contribution in [0.5, 0.6) is 0 Å². The second-order valence-electron chi connectivity index (χ2n) is 10.3. The van der Waals surface area contributed by atoms with Crippen molar-refractivity contribution < 1.29 is 32.3 Å². The minimum absolute atomic E-state index is 0.0458. The van der Waals surface area contributed by atoms with Crippen molar-refractivity contribution in [3.05, 3.63) is 82.1 Å². The normalized spacial score (nSPS) is 18.9. The molecular weight excluding hydrogens is 509 g/mol. The van der Waals surface area contributed by atoms with E-state index in [1.807, 2.05) is 11.0 Å². The molecule has 0 spiro atoms. The smallest absolute Gasteiger partial charge is 0.416 e. The first-order valence-corrected chi connectivity index (χ1v) is 13.2. The van der Waals surface area contributed by atoms with Crippen LogP contribution in [0.25, 0.3) is 0 Å². The topological polar surface area (TPSA) is 66.9 Å². The summed E-state index contributed by atoms with van der Waals surface area (Å²) in [5.74, 6) is -1.06. The fourth-order valence-electron chi connectivity index (χ4n) is 5.25. The predicted molar refractivity (Wildman–Crippen MR) is 139 cm³/mol. The van der Waals surface area contributed by atoms with Gasteiger partial charge in [-0.15, -0.1) is 0 Å². The Balaban J connectivity index is 1.62. The number of halogens is 3. The summed E-state index contributed by atoms with van der Waals surface area (Å²) in [6.07, 6.45) is -2.65. The fraction of sp³-hybridized carbons (Fsp3) is 0.433. The number of hydrogen-bond acceptors (Lipinski definition) is 4. The highest BCUT2D eigenvalue weighted by molar-refractivity contribution is 5.96. The third-order valence-electron chi connectivity index (χ3n) is 7.54. The van der Waals surface area contributed by atoms with E-state index in [4.69, 9.17) is 4.74 Å². The third kappa shape index (κ3) is 6.34. The van der Waals surface area contributed by atoms with Crippen molar-refractivity contribution in [1.29, 1.82) is 0 Å². The van der Waals surface area contributed by atoms with Crippen LogP contribution in [0.3, 0.4) is 0 Å². The van der Waals surface area contributed by atoms with E-state index >= 15 is 0 Å². The first kappa shape index (κ1) is 28.4. The molecule has 1 fully saturated rings. The van der Waals surface area contributed by atoms with Gasteiger partial charge in [-0.2, -0.15) is 13.2 Å². The van der Waals surface area contributed by atoms with Crippen molar-refractivity contribution in [2.75, 3.05) is 19.7 Å². The van der Waals surface area contributed by atoms with Gasteiger partial charge in [-0.25, -0.2) is 4.79 Å². The highest BCUT2D eigenvalue weighted by Crippen LogP contribution is 2.39. The largest absolute Gasteiger partial charge is 0.463 e. The first-order chi connectivity index (χ1) is 18.5. The molecule has 0 N–H and O–H groups in total. The van der Waals surface area contributed by atoms with Crippen molar-refractivity contribution in [2.24, 2.45) is 5.92 Å². The van der Waals surface area contributed by atoms with Gasteiger partial charge in [0.2, 0.25) is 5.91 Å². The number of allylic oxidation sites excluding steroid dienone is 1. The number of alkyl halides is 3. The van der Waals surface area contributed by atoms with Gasteiger partial charge in [-0.3, -0.25) is 9.59 Å². The number of rotatable bonds is 6. The number of likely N-dealkylation sites (tertiary alicyclic amines) is 1. The van der Waals surface area contributed by atoms with E-state index in [9.17, 15) is 27.6 Å². The molecule has 1 saturated heterocycles. The molecule has 0 saturated carbocycles. The standard InChI is InChI=1S/C30H33F3N2O4/c1-4-39-29(38)27-20(3)35(26(36)17-25(27)22-8-10-24(11-9-22)30(31,32)33)18-21-6-5-7-23(16-21)28(37)34-14-12-19(2)13-15-34/h5-11,16,19,25H,4,12-15,17-18H2,1-3H3. The van der Waals surface area contributed by atoms with Gasteiger partial charge in [0.25, 0.3) is 5.91 Å². The van der Waals surface area contributed by atoms with E-state index in [0.29, 0.717) is 35.8 Å². The molecule has 2 aromatic carbocycles. The van der Waals surface area contributed by atoms with Gasteiger partial charge in [0, 0.05) is 36.7 Å². The predicted octanol–water partition coefficient (Wildman–Crippen LogP) is 5.93. The van der Waals surface area contributed by atoms with Crippen molar-refractivity contribution in [3.8, 4) is 0 Å². The van der Waals surface area contributed by atoms with Gasteiger partial charge in [0.15, 0.2) is 0 Å². The molecule has 0 radical (unpaired) electrons. The number of hydrogen-bond donors (Lipinski definition) is 0. The average Bonchev–Trinajstić information content (AvgIpc) is 2.90. The zero-order chi connectivity index (χ0) is 28.3. The molecule has 4 rings (SSSR count). The van der Waals surface area contributed by atoms with E-state index < -0.39 is 23.6 Å². The second-order valence-corrected chi connectivity index (χ2v) is 10.3. The highest BCUT2D eigenvalue weighted by atomic mass is 19.4.